The van der Waals surface area contributed by atoms with Crippen LogP contribution >= 0.6 is 0 Å². The number of aliphatic imine (C=N–C) groups is 1. The van der Waals surface area contributed by atoms with E-state index in [2.05, 4.69) is 62.8 Å². The number of nitrogens with zero attached hydrogens (tertiary/aromatic N) is 3. The van der Waals surface area contributed by atoms with E-state index in [9.17, 15) is 0 Å². The van der Waals surface area contributed by atoms with Gasteiger partial charge in [0.1, 0.15) is 5.82 Å². The minimum absolute atomic E-state index is 0.676. The van der Waals surface area contributed by atoms with Gasteiger partial charge in [-0.25, -0.2) is 4.98 Å². The highest BCUT2D eigenvalue weighted by Gasteiger charge is 2.15. The fraction of sp³-hybridized carbons (Fsp3) is 0.429. The maximum absolute atomic E-state index is 5.46. The Morgan fingerprint density at radius 2 is 1.70 bits per heavy atom. The minimum Gasteiger partial charge on any atom is -0.378 e. The van der Waals surface area contributed by atoms with E-state index in [0.29, 0.717) is 6.54 Å². The highest BCUT2D eigenvalue weighted by atomic mass is 16.5. The largest absolute Gasteiger partial charge is 0.378 e. The Morgan fingerprint density at radius 1 is 1.04 bits per heavy atom. The summed E-state index contributed by atoms with van der Waals surface area (Å²) < 4.78 is 5.46. The van der Waals surface area contributed by atoms with E-state index in [1.807, 2.05) is 12.3 Å². The number of anilines is 1. The van der Waals surface area contributed by atoms with Gasteiger partial charge in [0, 0.05) is 45.0 Å². The predicted octanol–water partition coefficient (Wildman–Crippen LogP) is 2.35. The maximum atomic E-state index is 5.46. The van der Waals surface area contributed by atoms with E-state index in [1.54, 1.807) is 7.05 Å². The van der Waals surface area contributed by atoms with E-state index < -0.39 is 0 Å². The SMILES string of the molecule is CCc1ccccc1CNC(=NC)NCc1cccnc1N1CCOCC1. The molecule has 2 N–H and O–H groups in total. The zero-order valence-corrected chi connectivity index (χ0v) is 16.2. The van der Waals surface area contributed by atoms with E-state index in [0.717, 1.165) is 56.6 Å². The van der Waals surface area contributed by atoms with Crippen LogP contribution in [0.2, 0.25) is 0 Å². The van der Waals surface area contributed by atoms with E-state index in [-0.39, 0.29) is 0 Å². The number of ether oxygens (including phenoxy) is 1. The first-order chi connectivity index (χ1) is 13.3. The van der Waals surface area contributed by atoms with Crippen molar-refractivity contribution in [2.45, 2.75) is 26.4 Å². The van der Waals surface area contributed by atoms with E-state index >= 15 is 0 Å². The van der Waals surface area contributed by atoms with Gasteiger partial charge in [0.15, 0.2) is 5.96 Å². The first-order valence-electron chi connectivity index (χ1n) is 9.59. The monoisotopic (exact) mass is 367 g/mol. The van der Waals surface area contributed by atoms with Crippen molar-refractivity contribution >= 4 is 11.8 Å². The van der Waals surface area contributed by atoms with Gasteiger partial charge in [-0.05, 0) is 23.6 Å². The van der Waals surface area contributed by atoms with Crippen LogP contribution in [0.15, 0.2) is 47.6 Å². The smallest absolute Gasteiger partial charge is 0.191 e. The Balaban J connectivity index is 1.60. The van der Waals surface area contributed by atoms with Crippen molar-refractivity contribution < 1.29 is 4.74 Å². The summed E-state index contributed by atoms with van der Waals surface area (Å²) in [6.07, 6.45) is 2.88. The summed E-state index contributed by atoms with van der Waals surface area (Å²) in [6, 6.07) is 12.6. The summed E-state index contributed by atoms with van der Waals surface area (Å²) in [7, 11) is 1.80. The molecule has 2 heterocycles. The quantitative estimate of drug-likeness (QED) is 0.606. The van der Waals surface area contributed by atoms with Gasteiger partial charge in [0.25, 0.3) is 0 Å². The number of aromatic nitrogens is 1. The first-order valence-corrected chi connectivity index (χ1v) is 9.59. The van der Waals surface area contributed by atoms with Crippen LogP contribution in [0.1, 0.15) is 23.6 Å². The second-order valence-corrected chi connectivity index (χ2v) is 6.49. The molecule has 6 heteroatoms. The molecule has 27 heavy (non-hydrogen) atoms. The van der Waals surface area contributed by atoms with Crippen LogP contribution in [0.25, 0.3) is 0 Å². The molecule has 144 valence electrons. The Bertz CT molecular complexity index is 756. The highest BCUT2D eigenvalue weighted by Crippen LogP contribution is 2.18. The second kappa shape index (κ2) is 9.92. The normalized spacial score (nSPS) is 14.9. The fourth-order valence-corrected chi connectivity index (χ4v) is 3.28. The van der Waals surface area contributed by atoms with Crippen molar-refractivity contribution in [1.29, 1.82) is 0 Å². The van der Waals surface area contributed by atoms with Crippen LogP contribution in [0.5, 0.6) is 0 Å². The molecule has 1 aromatic heterocycles. The van der Waals surface area contributed by atoms with Crippen LogP contribution in [-0.2, 0) is 24.2 Å². The van der Waals surface area contributed by atoms with Gasteiger partial charge < -0.3 is 20.3 Å². The first kappa shape index (κ1) is 19.2. The minimum atomic E-state index is 0.676. The Hall–Kier alpha value is -2.60. The van der Waals surface area contributed by atoms with Crippen molar-refractivity contribution in [1.82, 2.24) is 15.6 Å². The fourth-order valence-electron chi connectivity index (χ4n) is 3.28. The summed E-state index contributed by atoms with van der Waals surface area (Å²) in [6.45, 7) is 6.88. The lowest BCUT2D eigenvalue weighted by atomic mass is 10.1. The van der Waals surface area contributed by atoms with Crippen molar-refractivity contribution in [3.63, 3.8) is 0 Å². The molecule has 1 saturated heterocycles. The van der Waals surface area contributed by atoms with Crippen LogP contribution < -0.4 is 15.5 Å². The number of hydrogen-bond donors (Lipinski definition) is 2. The number of morpholine rings is 1. The Morgan fingerprint density at radius 3 is 2.41 bits per heavy atom. The van der Waals surface area contributed by atoms with Crippen LogP contribution in [0, 0.1) is 0 Å². The molecule has 1 aromatic carbocycles. The topological polar surface area (TPSA) is 61.8 Å². The molecule has 0 saturated carbocycles. The zero-order valence-electron chi connectivity index (χ0n) is 16.2. The maximum Gasteiger partial charge on any atom is 0.191 e. The molecule has 1 fully saturated rings. The van der Waals surface area contributed by atoms with Crippen molar-refractivity contribution in [2.75, 3.05) is 38.3 Å². The van der Waals surface area contributed by atoms with Gasteiger partial charge in [0.2, 0.25) is 0 Å². The number of hydrogen-bond acceptors (Lipinski definition) is 4. The van der Waals surface area contributed by atoms with Crippen LogP contribution in [0.4, 0.5) is 5.82 Å². The van der Waals surface area contributed by atoms with Crippen LogP contribution in [0.3, 0.4) is 0 Å². The molecule has 0 unspecified atom stereocenters. The molecule has 3 rings (SSSR count). The zero-order chi connectivity index (χ0) is 18.9. The molecule has 1 aliphatic rings. The summed E-state index contributed by atoms with van der Waals surface area (Å²) in [5, 5.41) is 6.83. The summed E-state index contributed by atoms with van der Waals surface area (Å²) in [5.41, 5.74) is 3.83. The second-order valence-electron chi connectivity index (χ2n) is 6.49. The third-order valence-corrected chi connectivity index (χ3v) is 4.79. The molecule has 0 radical (unpaired) electrons. The summed E-state index contributed by atoms with van der Waals surface area (Å²) >= 11 is 0. The standard InChI is InChI=1S/C21H29N5O/c1-3-17-7-4-5-8-18(17)15-24-21(22-2)25-16-19-9-6-10-23-20(19)26-11-13-27-14-12-26/h4-10H,3,11-16H2,1-2H3,(H2,22,24,25). The average molecular weight is 367 g/mol. The molecule has 0 amide bonds. The number of rotatable bonds is 6. The van der Waals surface area contributed by atoms with Gasteiger partial charge >= 0.3 is 0 Å². The van der Waals surface area contributed by atoms with Crippen molar-refractivity contribution in [2.24, 2.45) is 4.99 Å². The Kier molecular flexibility index (Phi) is 7.04. The molecule has 1 aliphatic heterocycles. The van der Waals surface area contributed by atoms with Gasteiger partial charge in [0.05, 0.1) is 13.2 Å². The van der Waals surface area contributed by atoms with Crippen molar-refractivity contribution in [3.8, 4) is 0 Å². The third kappa shape index (κ3) is 5.20. The molecule has 0 aliphatic carbocycles. The number of pyridine rings is 1. The van der Waals surface area contributed by atoms with Gasteiger partial charge in [-0.1, -0.05) is 37.3 Å². The molecule has 6 nitrogen and oxygen atoms in total. The van der Waals surface area contributed by atoms with Gasteiger partial charge in [-0.15, -0.1) is 0 Å². The molecule has 0 bridgehead atoms. The highest BCUT2D eigenvalue weighted by molar-refractivity contribution is 5.79. The molecular formula is C21H29N5O. The number of guanidine groups is 1. The molecule has 2 aromatic rings. The van der Waals surface area contributed by atoms with Crippen LogP contribution in [-0.4, -0.2) is 44.3 Å². The van der Waals surface area contributed by atoms with Crippen molar-refractivity contribution in [3.05, 3.63) is 59.3 Å². The number of nitrogens with one attached hydrogen (secondary N) is 2. The number of benzene rings is 1. The lowest BCUT2D eigenvalue weighted by molar-refractivity contribution is 0.122. The summed E-state index contributed by atoms with van der Waals surface area (Å²) in [5.74, 6) is 1.82. The molecule has 0 spiro atoms. The van der Waals surface area contributed by atoms with E-state index in [4.69, 9.17) is 4.74 Å². The van der Waals surface area contributed by atoms with Gasteiger partial charge in [-0.3, -0.25) is 4.99 Å². The summed E-state index contributed by atoms with van der Waals surface area (Å²) in [4.78, 5) is 11.2. The third-order valence-electron chi connectivity index (χ3n) is 4.79. The number of aryl methyl sites for hydroxylation is 1. The van der Waals surface area contributed by atoms with E-state index in [1.165, 1.54) is 11.1 Å². The predicted molar refractivity (Wildman–Crippen MR) is 110 cm³/mol. The lowest BCUT2D eigenvalue weighted by Crippen LogP contribution is -2.39. The molecular weight excluding hydrogens is 338 g/mol. The van der Waals surface area contributed by atoms with Gasteiger partial charge in [-0.2, -0.15) is 0 Å². The average Bonchev–Trinajstić information content (AvgIpc) is 2.75. The lowest BCUT2D eigenvalue weighted by Gasteiger charge is -2.29. The molecule has 0 atom stereocenters. The Labute approximate surface area is 161 Å².